The minimum Gasteiger partial charge on any atom is -0.478 e. The van der Waals surface area contributed by atoms with Gasteiger partial charge in [-0.2, -0.15) is 13.2 Å². The molecule has 0 unspecified atom stereocenters. The number of nitrogens with zero attached hydrogens (tertiary/aromatic N) is 2. The summed E-state index contributed by atoms with van der Waals surface area (Å²) >= 11 is 5.76. The van der Waals surface area contributed by atoms with Gasteiger partial charge in [0.1, 0.15) is 5.65 Å². The SMILES string of the molecule is O=C(O)/C=C/c1c(Cl)nc2ccc(C(F)(F)F)cn12. The van der Waals surface area contributed by atoms with Crippen LogP contribution in [-0.2, 0) is 11.0 Å². The van der Waals surface area contributed by atoms with Crippen LogP contribution in [0.3, 0.4) is 0 Å². The lowest BCUT2D eigenvalue weighted by molar-refractivity contribution is -0.138. The van der Waals surface area contributed by atoms with Gasteiger partial charge < -0.3 is 5.11 Å². The molecule has 0 amide bonds. The molecule has 2 aromatic rings. The van der Waals surface area contributed by atoms with Crippen molar-refractivity contribution in [1.82, 2.24) is 9.38 Å². The predicted octanol–water partition coefficient (Wildman–Crippen LogP) is 3.10. The fraction of sp³-hybridized carbons (Fsp3) is 0.0909. The number of fused-ring (bicyclic) bond motifs is 1. The van der Waals surface area contributed by atoms with E-state index in [1.54, 1.807) is 0 Å². The number of carboxylic acids is 1. The largest absolute Gasteiger partial charge is 0.478 e. The third-order valence-electron chi connectivity index (χ3n) is 2.32. The van der Waals surface area contributed by atoms with Crippen molar-refractivity contribution in [2.75, 3.05) is 0 Å². The quantitative estimate of drug-likeness (QED) is 0.865. The summed E-state index contributed by atoms with van der Waals surface area (Å²) in [6.45, 7) is 0. The molecule has 100 valence electrons. The van der Waals surface area contributed by atoms with Gasteiger partial charge in [-0.3, -0.25) is 4.40 Å². The van der Waals surface area contributed by atoms with Gasteiger partial charge in [-0.1, -0.05) is 11.6 Å². The Balaban J connectivity index is 2.63. The van der Waals surface area contributed by atoms with Crippen molar-refractivity contribution in [3.8, 4) is 0 Å². The molecule has 0 saturated heterocycles. The fourth-order valence-electron chi connectivity index (χ4n) is 1.50. The first-order valence-electron chi connectivity index (χ1n) is 4.95. The van der Waals surface area contributed by atoms with Crippen LogP contribution >= 0.6 is 11.6 Å². The van der Waals surface area contributed by atoms with Gasteiger partial charge in [-0.15, -0.1) is 0 Å². The summed E-state index contributed by atoms with van der Waals surface area (Å²) in [6.07, 6.45) is -1.82. The molecule has 0 saturated carbocycles. The lowest BCUT2D eigenvalue weighted by Crippen LogP contribution is -2.06. The topological polar surface area (TPSA) is 54.6 Å². The van der Waals surface area contributed by atoms with Crippen LogP contribution in [-0.4, -0.2) is 20.5 Å². The highest BCUT2D eigenvalue weighted by molar-refractivity contribution is 6.31. The Morgan fingerprint density at radius 3 is 2.68 bits per heavy atom. The van der Waals surface area contributed by atoms with E-state index < -0.39 is 17.7 Å². The summed E-state index contributed by atoms with van der Waals surface area (Å²) in [5.74, 6) is -1.24. The lowest BCUT2D eigenvalue weighted by atomic mass is 10.2. The molecule has 1 N–H and O–H groups in total. The second-order valence-electron chi connectivity index (χ2n) is 3.60. The van der Waals surface area contributed by atoms with Gasteiger partial charge >= 0.3 is 12.1 Å². The minimum atomic E-state index is -4.50. The van der Waals surface area contributed by atoms with Crippen molar-refractivity contribution in [3.05, 3.63) is 40.8 Å². The Hall–Kier alpha value is -2.02. The lowest BCUT2D eigenvalue weighted by Gasteiger charge is -2.07. The third-order valence-corrected chi connectivity index (χ3v) is 2.60. The van der Waals surface area contributed by atoms with Crippen molar-refractivity contribution in [3.63, 3.8) is 0 Å². The van der Waals surface area contributed by atoms with Crippen LogP contribution in [0.2, 0.25) is 5.15 Å². The Kier molecular flexibility index (Phi) is 3.23. The Bertz CT molecular complexity index is 676. The van der Waals surface area contributed by atoms with E-state index in [1.165, 1.54) is 0 Å². The van der Waals surface area contributed by atoms with Gasteiger partial charge in [0.15, 0.2) is 5.15 Å². The zero-order valence-electron chi connectivity index (χ0n) is 9.15. The predicted molar refractivity (Wildman–Crippen MR) is 61.9 cm³/mol. The number of hydrogen-bond acceptors (Lipinski definition) is 2. The smallest absolute Gasteiger partial charge is 0.417 e. The Morgan fingerprint density at radius 2 is 2.11 bits per heavy atom. The fourth-order valence-corrected chi connectivity index (χ4v) is 1.74. The van der Waals surface area contributed by atoms with E-state index >= 15 is 0 Å². The number of alkyl halides is 3. The summed E-state index contributed by atoms with van der Waals surface area (Å²) in [4.78, 5) is 14.3. The van der Waals surface area contributed by atoms with Crippen molar-refractivity contribution < 1.29 is 23.1 Å². The van der Waals surface area contributed by atoms with Gasteiger partial charge in [0.2, 0.25) is 0 Å². The Labute approximate surface area is 109 Å². The molecule has 2 rings (SSSR count). The number of carboxylic acid groups (broad SMARTS) is 1. The number of halogens is 4. The molecule has 0 aliphatic rings. The van der Waals surface area contributed by atoms with E-state index in [2.05, 4.69) is 4.98 Å². The molecule has 0 bridgehead atoms. The Morgan fingerprint density at radius 1 is 1.42 bits per heavy atom. The molecule has 0 aliphatic heterocycles. The molecule has 8 heteroatoms. The first-order chi connectivity index (χ1) is 8.79. The molecular weight excluding hydrogens is 285 g/mol. The van der Waals surface area contributed by atoms with E-state index in [4.69, 9.17) is 16.7 Å². The molecular formula is C11H6ClF3N2O2. The van der Waals surface area contributed by atoms with Gasteiger partial charge in [0.25, 0.3) is 0 Å². The number of carbonyl (C=O) groups is 1. The average molecular weight is 291 g/mol. The number of imidazole rings is 1. The van der Waals surface area contributed by atoms with E-state index in [-0.39, 0.29) is 16.5 Å². The van der Waals surface area contributed by atoms with E-state index in [0.717, 1.165) is 34.9 Å². The van der Waals surface area contributed by atoms with Crippen LogP contribution in [0, 0.1) is 0 Å². The molecule has 0 fully saturated rings. The first kappa shape index (κ1) is 13.4. The van der Waals surface area contributed by atoms with Crippen molar-refractivity contribution >= 4 is 29.3 Å². The number of pyridine rings is 1. The number of aliphatic carboxylic acids is 1. The van der Waals surface area contributed by atoms with Crippen molar-refractivity contribution in [2.45, 2.75) is 6.18 Å². The highest BCUT2D eigenvalue weighted by Crippen LogP contribution is 2.30. The van der Waals surface area contributed by atoms with Gasteiger partial charge in [0.05, 0.1) is 11.3 Å². The molecule has 4 nitrogen and oxygen atoms in total. The molecule has 0 spiro atoms. The van der Waals surface area contributed by atoms with Crippen LogP contribution in [0.5, 0.6) is 0 Å². The van der Waals surface area contributed by atoms with Gasteiger partial charge in [-0.05, 0) is 18.2 Å². The molecule has 0 aliphatic carbocycles. The highest BCUT2D eigenvalue weighted by Gasteiger charge is 2.31. The summed E-state index contributed by atoms with van der Waals surface area (Å²) in [5.41, 5.74) is -0.604. The molecule has 19 heavy (non-hydrogen) atoms. The zero-order chi connectivity index (χ0) is 14.2. The summed E-state index contributed by atoms with van der Waals surface area (Å²) in [7, 11) is 0. The standard InChI is InChI=1S/C11H6ClF3N2O2/c12-10-7(2-4-9(18)19)17-5-6(11(13,14)15)1-3-8(17)16-10/h1-5H,(H,18,19)/b4-2+. The van der Waals surface area contributed by atoms with Crippen LogP contribution in [0.4, 0.5) is 13.2 Å². The van der Waals surface area contributed by atoms with E-state index in [9.17, 15) is 18.0 Å². The van der Waals surface area contributed by atoms with Crippen LogP contribution in [0.25, 0.3) is 11.7 Å². The van der Waals surface area contributed by atoms with Gasteiger partial charge in [-0.25, -0.2) is 9.78 Å². The maximum atomic E-state index is 12.6. The number of rotatable bonds is 2. The maximum absolute atomic E-state index is 12.6. The van der Waals surface area contributed by atoms with Crippen LogP contribution in [0.1, 0.15) is 11.3 Å². The van der Waals surface area contributed by atoms with Crippen molar-refractivity contribution in [1.29, 1.82) is 0 Å². The monoisotopic (exact) mass is 290 g/mol. The molecule has 0 radical (unpaired) electrons. The molecule has 0 atom stereocenters. The van der Waals surface area contributed by atoms with E-state index in [1.807, 2.05) is 0 Å². The highest BCUT2D eigenvalue weighted by atomic mass is 35.5. The average Bonchev–Trinajstić information content (AvgIpc) is 2.59. The number of hydrogen-bond donors (Lipinski definition) is 1. The zero-order valence-corrected chi connectivity index (χ0v) is 9.90. The normalized spacial score (nSPS) is 12.4. The van der Waals surface area contributed by atoms with Crippen LogP contribution < -0.4 is 0 Å². The minimum absolute atomic E-state index is 0.0724. The second-order valence-corrected chi connectivity index (χ2v) is 3.96. The molecule has 0 aromatic carbocycles. The van der Waals surface area contributed by atoms with Crippen LogP contribution in [0.15, 0.2) is 24.4 Å². The summed E-state index contributed by atoms with van der Waals surface area (Å²) in [6, 6.07) is 2.04. The first-order valence-corrected chi connectivity index (χ1v) is 5.32. The third kappa shape index (κ3) is 2.70. The van der Waals surface area contributed by atoms with Crippen molar-refractivity contribution in [2.24, 2.45) is 0 Å². The summed E-state index contributed by atoms with van der Waals surface area (Å²) in [5, 5.41) is 8.45. The number of aromatic nitrogens is 2. The molecule has 2 aromatic heterocycles. The summed E-state index contributed by atoms with van der Waals surface area (Å²) < 4.78 is 38.9. The second kappa shape index (κ2) is 4.58. The van der Waals surface area contributed by atoms with Gasteiger partial charge in [0, 0.05) is 12.3 Å². The molecule has 2 heterocycles. The maximum Gasteiger partial charge on any atom is 0.417 e. The van der Waals surface area contributed by atoms with E-state index in [0.29, 0.717) is 0 Å².